The van der Waals surface area contributed by atoms with E-state index in [4.69, 9.17) is 9.84 Å². The first kappa shape index (κ1) is 19.6. The molecule has 6 heteroatoms. The van der Waals surface area contributed by atoms with Crippen LogP contribution in [0.1, 0.15) is 39.1 Å². The first-order valence-corrected chi connectivity index (χ1v) is 10.2. The zero-order chi connectivity index (χ0) is 20.2. The third kappa shape index (κ3) is 4.33. The highest BCUT2D eigenvalue weighted by Gasteiger charge is 2.36. The molecule has 2 aromatic carbocycles. The molecule has 2 aliphatic rings. The van der Waals surface area contributed by atoms with Crippen molar-refractivity contribution in [3.05, 3.63) is 65.2 Å². The lowest BCUT2D eigenvalue weighted by Crippen LogP contribution is -2.40. The van der Waals surface area contributed by atoms with Gasteiger partial charge in [-0.25, -0.2) is 0 Å². The predicted molar refractivity (Wildman–Crippen MR) is 109 cm³/mol. The fourth-order valence-electron chi connectivity index (χ4n) is 4.15. The second kappa shape index (κ2) is 8.76. The van der Waals surface area contributed by atoms with E-state index in [9.17, 15) is 9.59 Å². The Kier molecular flexibility index (Phi) is 5.92. The lowest BCUT2D eigenvalue weighted by molar-refractivity contribution is 0.0596. The molecule has 2 aromatic rings. The minimum atomic E-state index is -0.160. The van der Waals surface area contributed by atoms with Crippen LogP contribution in [0.2, 0.25) is 0 Å². The molecule has 4 rings (SSSR count). The number of rotatable bonds is 7. The second-order valence-electron chi connectivity index (χ2n) is 7.71. The SMILES string of the molecule is O=C1c2ccccc2C(=O)N1CC1CCN(Cc2cccc(OCCO)c2)CC1. The van der Waals surface area contributed by atoms with Gasteiger partial charge >= 0.3 is 0 Å². The summed E-state index contributed by atoms with van der Waals surface area (Å²) in [6.07, 6.45) is 1.93. The van der Waals surface area contributed by atoms with Crippen LogP contribution < -0.4 is 4.74 Å². The molecule has 1 fully saturated rings. The Labute approximate surface area is 170 Å². The molecule has 2 amide bonds. The van der Waals surface area contributed by atoms with Crippen molar-refractivity contribution in [3.8, 4) is 5.75 Å². The number of benzene rings is 2. The van der Waals surface area contributed by atoms with Crippen LogP contribution in [0.5, 0.6) is 5.75 Å². The van der Waals surface area contributed by atoms with Crippen LogP contribution in [0.4, 0.5) is 0 Å². The summed E-state index contributed by atoms with van der Waals surface area (Å²) in [6, 6.07) is 15.0. The van der Waals surface area contributed by atoms with Crippen LogP contribution in [-0.2, 0) is 6.54 Å². The first-order chi connectivity index (χ1) is 14.2. The van der Waals surface area contributed by atoms with E-state index in [-0.39, 0.29) is 18.4 Å². The van der Waals surface area contributed by atoms with Gasteiger partial charge in [-0.1, -0.05) is 24.3 Å². The standard InChI is InChI=1S/C23H26N2O4/c26-12-13-29-19-5-3-4-18(14-19)15-24-10-8-17(9-11-24)16-25-22(27)20-6-1-2-7-21(20)23(25)28/h1-7,14,17,26H,8-13,15-16H2. The third-order valence-electron chi connectivity index (χ3n) is 5.69. The van der Waals surface area contributed by atoms with Crippen molar-refractivity contribution in [1.82, 2.24) is 9.80 Å². The Morgan fingerprint density at radius 1 is 0.966 bits per heavy atom. The molecule has 0 aromatic heterocycles. The molecule has 0 unspecified atom stereocenters. The van der Waals surface area contributed by atoms with Gasteiger partial charge in [-0.05, 0) is 61.7 Å². The first-order valence-electron chi connectivity index (χ1n) is 10.2. The van der Waals surface area contributed by atoms with E-state index in [0.717, 1.165) is 38.2 Å². The number of nitrogens with zero attached hydrogens (tertiary/aromatic N) is 2. The van der Waals surface area contributed by atoms with Crippen LogP contribution in [0.25, 0.3) is 0 Å². The van der Waals surface area contributed by atoms with E-state index in [0.29, 0.717) is 30.2 Å². The Morgan fingerprint density at radius 2 is 1.66 bits per heavy atom. The molecule has 1 N–H and O–H groups in total. The van der Waals surface area contributed by atoms with Gasteiger partial charge in [0.2, 0.25) is 0 Å². The van der Waals surface area contributed by atoms with E-state index in [1.165, 1.54) is 10.5 Å². The molecule has 1 saturated heterocycles. The Balaban J connectivity index is 1.29. The number of fused-ring (bicyclic) bond motifs is 1. The molecule has 6 nitrogen and oxygen atoms in total. The third-order valence-corrected chi connectivity index (χ3v) is 5.69. The van der Waals surface area contributed by atoms with Gasteiger partial charge in [-0.3, -0.25) is 19.4 Å². The molecule has 0 bridgehead atoms. The van der Waals surface area contributed by atoms with Gasteiger partial charge < -0.3 is 9.84 Å². The maximum absolute atomic E-state index is 12.6. The maximum atomic E-state index is 12.6. The number of carbonyl (C=O) groups excluding carboxylic acids is 2. The van der Waals surface area contributed by atoms with Crippen molar-refractivity contribution in [2.45, 2.75) is 19.4 Å². The molecule has 2 aliphatic heterocycles. The van der Waals surface area contributed by atoms with Crippen LogP contribution in [-0.4, -0.2) is 59.6 Å². The predicted octanol–water partition coefficient (Wildman–Crippen LogP) is 2.57. The fraction of sp³-hybridized carbons (Fsp3) is 0.391. The summed E-state index contributed by atoms with van der Waals surface area (Å²) in [5.41, 5.74) is 2.23. The number of carbonyl (C=O) groups is 2. The minimum absolute atomic E-state index is 0.00481. The molecule has 29 heavy (non-hydrogen) atoms. The van der Waals surface area contributed by atoms with Gasteiger partial charge in [0, 0.05) is 13.1 Å². The average Bonchev–Trinajstić information content (AvgIpc) is 2.99. The minimum Gasteiger partial charge on any atom is -0.491 e. The number of hydrogen-bond acceptors (Lipinski definition) is 5. The number of amides is 2. The smallest absolute Gasteiger partial charge is 0.261 e. The number of hydrogen-bond donors (Lipinski definition) is 1. The number of piperidine rings is 1. The normalized spacial score (nSPS) is 17.6. The zero-order valence-electron chi connectivity index (χ0n) is 16.4. The van der Waals surface area contributed by atoms with Gasteiger partial charge in [-0.15, -0.1) is 0 Å². The topological polar surface area (TPSA) is 70.1 Å². The number of aliphatic hydroxyl groups is 1. The maximum Gasteiger partial charge on any atom is 0.261 e. The molecular formula is C23H26N2O4. The van der Waals surface area contributed by atoms with E-state index >= 15 is 0 Å². The van der Waals surface area contributed by atoms with E-state index in [2.05, 4.69) is 11.0 Å². The van der Waals surface area contributed by atoms with Crippen molar-refractivity contribution in [2.75, 3.05) is 32.8 Å². The lowest BCUT2D eigenvalue weighted by Gasteiger charge is -2.33. The lowest BCUT2D eigenvalue weighted by atomic mass is 9.95. The van der Waals surface area contributed by atoms with Crippen LogP contribution in [0, 0.1) is 5.92 Å². The summed E-state index contributed by atoms with van der Waals surface area (Å²) in [6.45, 7) is 3.53. The number of ether oxygens (including phenoxy) is 1. The molecule has 0 aliphatic carbocycles. The summed E-state index contributed by atoms with van der Waals surface area (Å²) in [7, 11) is 0. The highest BCUT2D eigenvalue weighted by Crippen LogP contribution is 2.27. The Bertz CT molecular complexity index is 855. The molecule has 0 atom stereocenters. The summed E-state index contributed by atoms with van der Waals surface area (Å²) >= 11 is 0. The van der Waals surface area contributed by atoms with Crippen molar-refractivity contribution in [2.24, 2.45) is 5.92 Å². The summed E-state index contributed by atoms with van der Waals surface area (Å²) in [5, 5.41) is 8.89. The number of imide groups is 1. The summed E-state index contributed by atoms with van der Waals surface area (Å²) < 4.78 is 5.49. The highest BCUT2D eigenvalue weighted by atomic mass is 16.5. The average molecular weight is 394 g/mol. The van der Waals surface area contributed by atoms with Crippen molar-refractivity contribution in [3.63, 3.8) is 0 Å². The van der Waals surface area contributed by atoms with Gasteiger partial charge in [0.25, 0.3) is 11.8 Å². The monoisotopic (exact) mass is 394 g/mol. The molecule has 2 heterocycles. The highest BCUT2D eigenvalue weighted by molar-refractivity contribution is 6.21. The molecule has 152 valence electrons. The van der Waals surface area contributed by atoms with Crippen molar-refractivity contribution in [1.29, 1.82) is 0 Å². The molecular weight excluding hydrogens is 368 g/mol. The fourth-order valence-corrected chi connectivity index (χ4v) is 4.15. The molecule has 0 spiro atoms. The van der Waals surface area contributed by atoms with Crippen molar-refractivity contribution < 1.29 is 19.4 Å². The molecule has 0 radical (unpaired) electrons. The summed E-state index contributed by atoms with van der Waals surface area (Å²) in [4.78, 5) is 28.9. The quantitative estimate of drug-likeness (QED) is 0.731. The van der Waals surface area contributed by atoms with E-state index in [1.54, 1.807) is 24.3 Å². The van der Waals surface area contributed by atoms with Crippen LogP contribution in [0.15, 0.2) is 48.5 Å². The van der Waals surface area contributed by atoms with Gasteiger partial charge in [-0.2, -0.15) is 0 Å². The van der Waals surface area contributed by atoms with Crippen LogP contribution >= 0.6 is 0 Å². The largest absolute Gasteiger partial charge is 0.491 e. The summed E-state index contributed by atoms with van der Waals surface area (Å²) in [5.74, 6) is 0.796. The van der Waals surface area contributed by atoms with Gasteiger partial charge in [0.05, 0.1) is 17.7 Å². The Hall–Kier alpha value is -2.70. The Morgan fingerprint density at radius 3 is 2.31 bits per heavy atom. The number of likely N-dealkylation sites (tertiary alicyclic amines) is 1. The van der Waals surface area contributed by atoms with Gasteiger partial charge in [0.15, 0.2) is 0 Å². The van der Waals surface area contributed by atoms with Gasteiger partial charge in [0.1, 0.15) is 12.4 Å². The second-order valence-corrected chi connectivity index (χ2v) is 7.71. The van der Waals surface area contributed by atoms with Crippen LogP contribution in [0.3, 0.4) is 0 Å². The molecule has 0 saturated carbocycles. The van der Waals surface area contributed by atoms with E-state index in [1.807, 2.05) is 18.2 Å². The van der Waals surface area contributed by atoms with E-state index < -0.39 is 0 Å². The zero-order valence-corrected chi connectivity index (χ0v) is 16.4. The van der Waals surface area contributed by atoms with Crippen molar-refractivity contribution >= 4 is 11.8 Å². The number of aliphatic hydroxyl groups excluding tert-OH is 1.